The van der Waals surface area contributed by atoms with E-state index in [-0.39, 0.29) is 24.9 Å². The molecule has 4 nitrogen and oxygen atoms in total. The summed E-state index contributed by atoms with van der Waals surface area (Å²) in [7, 11) is 0. The van der Waals surface area contributed by atoms with E-state index in [0.29, 0.717) is 6.42 Å². The molecule has 11 heavy (non-hydrogen) atoms. The van der Waals surface area contributed by atoms with E-state index in [0.717, 1.165) is 0 Å². The van der Waals surface area contributed by atoms with Gasteiger partial charge in [0.2, 0.25) is 0 Å². The van der Waals surface area contributed by atoms with Gasteiger partial charge in [0.25, 0.3) is 0 Å². The second kappa shape index (κ2) is 3.37. The third kappa shape index (κ3) is 2.22. The lowest BCUT2D eigenvalue weighted by Gasteiger charge is -2.02. The molecule has 0 aromatic heterocycles. The van der Waals surface area contributed by atoms with Crippen LogP contribution in [0.4, 0.5) is 4.79 Å². The maximum atomic E-state index is 10.8. The molecule has 0 radical (unpaired) electrons. The Balaban J connectivity index is 2.28. The predicted molar refractivity (Wildman–Crippen MR) is 36.1 cm³/mol. The SMILES string of the molecule is CCC(=O)CC1COC(=O)O1. The Morgan fingerprint density at radius 2 is 2.45 bits per heavy atom. The van der Waals surface area contributed by atoms with Crippen LogP contribution < -0.4 is 0 Å². The van der Waals surface area contributed by atoms with E-state index in [1.807, 2.05) is 0 Å². The summed E-state index contributed by atoms with van der Waals surface area (Å²) in [6.45, 7) is 1.99. The fourth-order valence-corrected chi connectivity index (χ4v) is 0.864. The summed E-state index contributed by atoms with van der Waals surface area (Å²) < 4.78 is 9.15. The molecule has 0 amide bonds. The quantitative estimate of drug-likeness (QED) is 0.572. The Morgan fingerprint density at radius 3 is 2.91 bits per heavy atom. The van der Waals surface area contributed by atoms with Gasteiger partial charge in [-0.15, -0.1) is 0 Å². The van der Waals surface area contributed by atoms with Gasteiger partial charge in [-0.3, -0.25) is 4.79 Å². The molecule has 4 heteroatoms. The number of hydrogen-bond donors (Lipinski definition) is 0. The van der Waals surface area contributed by atoms with Crippen molar-refractivity contribution in [2.75, 3.05) is 6.61 Å². The number of hydrogen-bond acceptors (Lipinski definition) is 4. The molecule has 0 aromatic carbocycles. The van der Waals surface area contributed by atoms with Crippen molar-refractivity contribution in [1.29, 1.82) is 0 Å². The largest absolute Gasteiger partial charge is 0.508 e. The number of ketones is 1. The van der Waals surface area contributed by atoms with Crippen molar-refractivity contribution < 1.29 is 19.1 Å². The maximum absolute atomic E-state index is 10.8. The average molecular weight is 158 g/mol. The lowest BCUT2D eigenvalue weighted by atomic mass is 10.1. The number of rotatable bonds is 3. The van der Waals surface area contributed by atoms with Gasteiger partial charge in [-0.25, -0.2) is 4.79 Å². The molecule has 0 aliphatic carbocycles. The summed E-state index contributed by atoms with van der Waals surface area (Å²) in [6, 6.07) is 0. The highest BCUT2D eigenvalue weighted by Gasteiger charge is 2.26. The number of Topliss-reactive ketones (excluding diaryl/α,β-unsaturated/α-hetero) is 1. The fraction of sp³-hybridized carbons (Fsp3) is 0.714. The van der Waals surface area contributed by atoms with Gasteiger partial charge in [-0.2, -0.15) is 0 Å². The van der Waals surface area contributed by atoms with Crippen molar-refractivity contribution in [1.82, 2.24) is 0 Å². The molecule has 1 heterocycles. The minimum Gasteiger partial charge on any atom is -0.430 e. The lowest BCUT2D eigenvalue weighted by molar-refractivity contribution is -0.120. The van der Waals surface area contributed by atoms with Crippen LogP contribution in [0.5, 0.6) is 0 Å². The summed E-state index contributed by atoms with van der Waals surface area (Å²) in [5.74, 6) is 0.0910. The van der Waals surface area contributed by atoms with E-state index in [1.54, 1.807) is 6.92 Å². The van der Waals surface area contributed by atoms with E-state index in [4.69, 9.17) is 0 Å². The van der Waals surface area contributed by atoms with Gasteiger partial charge in [0.15, 0.2) is 0 Å². The molecule has 1 aliphatic heterocycles. The van der Waals surface area contributed by atoms with Crippen LogP contribution in [0, 0.1) is 0 Å². The third-order valence-electron chi connectivity index (χ3n) is 1.50. The van der Waals surface area contributed by atoms with E-state index in [2.05, 4.69) is 9.47 Å². The summed E-state index contributed by atoms with van der Waals surface area (Å²) in [6.07, 6.45) is -0.259. The minimum absolute atomic E-state index is 0.0910. The van der Waals surface area contributed by atoms with Crippen LogP contribution >= 0.6 is 0 Å². The van der Waals surface area contributed by atoms with Gasteiger partial charge in [-0.1, -0.05) is 6.92 Å². The number of carbonyl (C=O) groups excluding carboxylic acids is 2. The van der Waals surface area contributed by atoms with Gasteiger partial charge >= 0.3 is 6.16 Å². The van der Waals surface area contributed by atoms with Crippen molar-refractivity contribution >= 4 is 11.9 Å². The molecule has 1 aliphatic rings. The molecule has 0 saturated carbocycles. The fourth-order valence-electron chi connectivity index (χ4n) is 0.864. The molecule has 1 rings (SSSR count). The zero-order valence-electron chi connectivity index (χ0n) is 6.33. The van der Waals surface area contributed by atoms with E-state index in [9.17, 15) is 9.59 Å². The molecule has 62 valence electrons. The van der Waals surface area contributed by atoms with Crippen LogP contribution in [0.2, 0.25) is 0 Å². The smallest absolute Gasteiger partial charge is 0.430 e. The summed E-state index contributed by atoms with van der Waals surface area (Å²) in [5, 5.41) is 0. The molecule has 0 aromatic rings. The Labute approximate surface area is 64.5 Å². The molecule has 1 atom stereocenters. The second-order valence-electron chi connectivity index (χ2n) is 2.40. The molecule has 1 saturated heterocycles. The zero-order valence-corrected chi connectivity index (χ0v) is 6.33. The Morgan fingerprint density at radius 1 is 1.73 bits per heavy atom. The van der Waals surface area contributed by atoms with Crippen molar-refractivity contribution in [2.45, 2.75) is 25.9 Å². The summed E-state index contributed by atoms with van der Waals surface area (Å²) >= 11 is 0. The first-order chi connectivity index (χ1) is 5.22. The highest BCUT2D eigenvalue weighted by atomic mass is 16.8. The monoisotopic (exact) mass is 158 g/mol. The Bertz CT molecular complexity index is 175. The van der Waals surface area contributed by atoms with Crippen LogP contribution in [0.1, 0.15) is 19.8 Å². The Hall–Kier alpha value is -1.06. The molecule has 1 fully saturated rings. The van der Waals surface area contributed by atoms with Crippen molar-refractivity contribution in [3.05, 3.63) is 0 Å². The summed E-state index contributed by atoms with van der Waals surface area (Å²) in [4.78, 5) is 21.2. The molecule has 1 unspecified atom stereocenters. The topological polar surface area (TPSA) is 52.6 Å². The lowest BCUT2D eigenvalue weighted by Crippen LogP contribution is -2.15. The van der Waals surface area contributed by atoms with E-state index >= 15 is 0 Å². The van der Waals surface area contributed by atoms with Crippen LogP contribution in [0.3, 0.4) is 0 Å². The van der Waals surface area contributed by atoms with Crippen molar-refractivity contribution in [3.63, 3.8) is 0 Å². The number of ether oxygens (including phenoxy) is 2. The highest BCUT2D eigenvalue weighted by molar-refractivity contribution is 5.79. The van der Waals surface area contributed by atoms with Gasteiger partial charge in [0, 0.05) is 12.8 Å². The molecule has 0 spiro atoms. The first-order valence-electron chi connectivity index (χ1n) is 3.57. The first-order valence-corrected chi connectivity index (χ1v) is 3.57. The van der Waals surface area contributed by atoms with Crippen LogP contribution in [-0.4, -0.2) is 24.6 Å². The molecule has 0 N–H and O–H groups in total. The number of carbonyl (C=O) groups is 2. The van der Waals surface area contributed by atoms with Crippen molar-refractivity contribution in [2.24, 2.45) is 0 Å². The third-order valence-corrected chi connectivity index (χ3v) is 1.50. The van der Waals surface area contributed by atoms with Gasteiger partial charge < -0.3 is 9.47 Å². The maximum Gasteiger partial charge on any atom is 0.508 e. The standard InChI is InChI=1S/C7H10O4/c1-2-5(8)3-6-4-10-7(9)11-6/h6H,2-4H2,1H3. The van der Waals surface area contributed by atoms with Gasteiger partial charge in [0.1, 0.15) is 18.5 Å². The van der Waals surface area contributed by atoms with Crippen LogP contribution in [0.25, 0.3) is 0 Å². The van der Waals surface area contributed by atoms with Gasteiger partial charge in [0.05, 0.1) is 0 Å². The Kier molecular flexibility index (Phi) is 2.46. The van der Waals surface area contributed by atoms with Gasteiger partial charge in [-0.05, 0) is 0 Å². The van der Waals surface area contributed by atoms with Crippen LogP contribution in [-0.2, 0) is 14.3 Å². The average Bonchev–Trinajstić information content (AvgIpc) is 2.35. The highest BCUT2D eigenvalue weighted by Crippen LogP contribution is 2.10. The molecule has 0 bridgehead atoms. The van der Waals surface area contributed by atoms with E-state index < -0.39 is 6.16 Å². The minimum atomic E-state index is -0.668. The molecular weight excluding hydrogens is 148 g/mol. The molecular formula is C7H10O4. The van der Waals surface area contributed by atoms with Crippen molar-refractivity contribution in [3.8, 4) is 0 Å². The number of cyclic esters (lactones) is 2. The van der Waals surface area contributed by atoms with E-state index in [1.165, 1.54) is 0 Å². The second-order valence-corrected chi connectivity index (χ2v) is 2.40. The first kappa shape index (κ1) is 8.04. The summed E-state index contributed by atoms with van der Waals surface area (Å²) in [5.41, 5.74) is 0. The normalized spacial score (nSPS) is 22.6. The zero-order chi connectivity index (χ0) is 8.27. The predicted octanol–water partition coefficient (Wildman–Crippen LogP) is 0.891. The van der Waals surface area contributed by atoms with Crippen LogP contribution in [0.15, 0.2) is 0 Å².